The van der Waals surface area contributed by atoms with Crippen LogP contribution in [0.1, 0.15) is 24.3 Å². The molecule has 146 valence electrons. The molecular formula is C19H20N4O5. The lowest BCUT2D eigenvalue weighted by Crippen LogP contribution is -2.23. The van der Waals surface area contributed by atoms with Gasteiger partial charge in [-0.2, -0.15) is 4.98 Å². The van der Waals surface area contributed by atoms with Crippen LogP contribution in [-0.2, 0) is 22.5 Å². The number of aromatic nitrogens is 3. The van der Waals surface area contributed by atoms with Crippen LogP contribution in [0.2, 0.25) is 0 Å². The molecule has 1 atom stereocenters. The molecule has 0 aromatic carbocycles. The van der Waals surface area contributed by atoms with E-state index in [1.807, 2.05) is 12.1 Å². The third-order valence-electron chi connectivity index (χ3n) is 4.24. The first kappa shape index (κ1) is 18.2. The van der Waals surface area contributed by atoms with E-state index >= 15 is 0 Å². The van der Waals surface area contributed by atoms with E-state index in [0.717, 1.165) is 12.0 Å². The Balaban J connectivity index is 1.23. The van der Waals surface area contributed by atoms with Crippen LogP contribution in [0.25, 0.3) is 11.6 Å². The van der Waals surface area contributed by atoms with Crippen molar-refractivity contribution in [2.75, 3.05) is 13.2 Å². The molecule has 0 aliphatic carbocycles. The number of aryl methyl sites for hydroxylation is 1. The molecule has 1 unspecified atom stereocenters. The molecule has 1 saturated heterocycles. The monoisotopic (exact) mass is 384 g/mol. The van der Waals surface area contributed by atoms with Gasteiger partial charge >= 0.3 is 0 Å². The van der Waals surface area contributed by atoms with Gasteiger partial charge in [0.05, 0.1) is 19.5 Å². The van der Waals surface area contributed by atoms with Gasteiger partial charge in [0, 0.05) is 38.1 Å². The highest BCUT2D eigenvalue weighted by atomic mass is 16.5. The van der Waals surface area contributed by atoms with Gasteiger partial charge in [0.1, 0.15) is 6.10 Å². The molecule has 9 nitrogen and oxygen atoms in total. The molecule has 1 amide bonds. The maximum Gasteiger partial charge on any atom is 0.238 e. The Hall–Kier alpha value is -3.20. The maximum absolute atomic E-state index is 12.1. The predicted molar refractivity (Wildman–Crippen MR) is 96.3 cm³/mol. The highest BCUT2D eigenvalue weighted by Crippen LogP contribution is 2.17. The topological polar surface area (TPSA) is 113 Å². The van der Waals surface area contributed by atoms with Crippen molar-refractivity contribution in [3.8, 4) is 17.5 Å². The first-order valence-electron chi connectivity index (χ1n) is 9.09. The maximum atomic E-state index is 12.1. The number of pyridine rings is 1. The first-order valence-corrected chi connectivity index (χ1v) is 9.09. The summed E-state index contributed by atoms with van der Waals surface area (Å²) in [5, 5.41) is 6.71. The predicted octanol–water partition coefficient (Wildman–Crippen LogP) is 2.14. The molecular weight excluding hydrogens is 364 g/mol. The third kappa shape index (κ3) is 4.74. The lowest BCUT2D eigenvalue weighted by atomic mass is 10.2. The molecule has 0 radical (unpaired) electrons. The molecule has 0 saturated carbocycles. The summed E-state index contributed by atoms with van der Waals surface area (Å²) in [7, 11) is 0. The molecule has 1 N–H and O–H groups in total. The summed E-state index contributed by atoms with van der Waals surface area (Å²) in [5.41, 5.74) is 0.912. The van der Waals surface area contributed by atoms with Crippen molar-refractivity contribution < 1.29 is 23.2 Å². The van der Waals surface area contributed by atoms with E-state index in [-0.39, 0.29) is 18.4 Å². The van der Waals surface area contributed by atoms with Crippen LogP contribution in [0.5, 0.6) is 5.88 Å². The second kappa shape index (κ2) is 8.66. The zero-order valence-corrected chi connectivity index (χ0v) is 15.2. The molecule has 1 aliphatic rings. The van der Waals surface area contributed by atoms with Crippen LogP contribution in [0.15, 0.2) is 45.7 Å². The standard InChI is InChI=1S/C19H20N4O5/c24-16(3-4-17-22-19(23-28-17)15-2-1-8-26-15)21-11-13-5-7-20-18(10-13)27-14-6-9-25-12-14/h1-2,5,7-8,10,14H,3-4,6,9,11-12H2,(H,21,24). The number of nitrogens with one attached hydrogen (secondary N) is 1. The lowest BCUT2D eigenvalue weighted by molar-refractivity contribution is -0.121. The van der Waals surface area contributed by atoms with Gasteiger partial charge in [0.15, 0.2) is 5.76 Å². The fraction of sp³-hybridized carbons (Fsp3) is 0.368. The third-order valence-corrected chi connectivity index (χ3v) is 4.24. The summed E-state index contributed by atoms with van der Waals surface area (Å²) in [6, 6.07) is 7.15. The van der Waals surface area contributed by atoms with Crippen molar-refractivity contribution in [3.05, 3.63) is 48.2 Å². The van der Waals surface area contributed by atoms with E-state index in [1.165, 1.54) is 6.26 Å². The fourth-order valence-electron chi connectivity index (χ4n) is 2.77. The van der Waals surface area contributed by atoms with Gasteiger partial charge in [0.2, 0.25) is 23.5 Å². The number of rotatable bonds is 8. The van der Waals surface area contributed by atoms with Crippen molar-refractivity contribution in [2.45, 2.75) is 31.9 Å². The van der Waals surface area contributed by atoms with Gasteiger partial charge in [-0.3, -0.25) is 4.79 Å². The highest BCUT2D eigenvalue weighted by molar-refractivity contribution is 5.76. The molecule has 9 heteroatoms. The van der Waals surface area contributed by atoms with Crippen LogP contribution in [0.3, 0.4) is 0 Å². The Labute approximate surface area is 161 Å². The minimum absolute atomic E-state index is 0.0396. The Bertz CT molecular complexity index is 903. The number of nitrogens with zero attached hydrogens (tertiary/aromatic N) is 3. The van der Waals surface area contributed by atoms with Crippen LogP contribution in [0, 0.1) is 0 Å². The minimum atomic E-state index is -0.110. The SMILES string of the molecule is O=C(CCc1nc(-c2ccco2)no1)NCc1ccnc(OC2CCOC2)c1. The summed E-state index contributed by atoms with van der Waals surface area (Å²) < 4.78 is 21.4. The fourth-order valence-corrected chi connectivity index (χ4v) is 2.77. The first-order chi connectivity index (χ1) is 13.8. The minimum Gasteiger partial charge on any atom is -0.472 e. The van der Waals surface area contributed by atoms with E-state index < -0.39 is 0 Å². The number of ether oxygens (including phenoxy) is 2. The second-order valence-corrected chi connectivity index (χ2v) is 6.37. The van der Waals surface area contributed by atoms with Crippen molar-refractivity contribution in [3.63, 3.8) is 0 Å². The molecule has 0 bridgehead atoms. The van der Waals surface area contributed by atoms with Crippen LogP contribution in [-0.4, -0.2) is 40.3 Å². The van der Waals surface area contributed by atoms with Crippen LogP contribution in [0.4, 0.5) is 0 Å². The number of carbonyl (C=O) groups excluding carboxylic acids is 1. The van der Waals surface area contributed by atoms with Crippen molar-refractivity contribution >= 4 is 5.91 Å². The number of hydrogen-bond acceptors (Lipinski definition) is 8. The molecule has 1 fully saturated rings. The molecule has 3 aromatic heterocycles. The van der Waals surface area contributed by atoms with E-state index in [2.05, 4.69) is 20.4 Å². The Kier molecular flexibility index (Phi) is 5.62. The number of carbonyl (C=O) groups is 1. The van der Waals surface area contributed by atoms with E-state index in [4.69, 9.17) is 18.4 Å². The summed E-state index contributed by atoms with van der Waals surface area (Å²) in [4.78, 5) is 20.5. The van der Waals surface area contributed by atoms with Crippen molar-refractivity contribution in [1.29, 1.82) is 0 Å². The average Bonchev–Trinajstić information content (AvgIpc) is 3.47. The quantitative estimate of drug-likeness (QED) is 0.629. The van der Waals surface area contributed by atoms with Crippen molar-refractivity contribution in [1.82, 2.24) is 20.4 Å². The zero-order chi connectivity index (χ0) is 19.2. The number of amides is 1. The van der Waals surface area contributed by atoms with Gasteiger partial charge in [-0.15, -0.1) is 0 Å². The summed E-state index contributed by atoms with van der Waals surface area (Å²) >= 11 is 0. The molecule has 3 aromatic rings. The number of furan rings is 1. The summed E-state index contributed by atoms with van der Waals surface area (Å²) in [6.45, 7) is 1.68. The van der Waals surface area contributed by atoms with E-state index in [9.17, 15) is 4.79 Å². The van der Waals surface area contributed by atoms with Crippen LogP contribution < -0.4 is 10.1 Å². The largest absolute Gasteiger partial charge is 0.472 e. The second-order valence-electron chi connectivity index (χ2n) is 6.37. The van der Waals surface area contributed by atoms with E-state index in [1.54, 1.807) is 18.3 Å². The van der Waals surface area contributed by atoms with Crippen LogP contribution >= 0.6 is 0 Å². The summed E-state index contributed by atoms with van der Waals surface area (Å²) in [5.74, 6) is 1.72. The highest BCUT2D eigenvalue weighted by Gasteiger charge is 2.18. The van der Waals surface area contributed by atoms with Gasteiger partial charge in [0.25, 0.3) is 0 Å². The summed E-state index contributed by atoms with van der Waals surface area (Å²) in [6.07, 6.45) is 4.70. The van der Waals surface area contributed by atoms with Gasteiger partial charge < -0.3 is 23.7 Å². The Morgan fingerprint density at radius 2 is 2.32 bits per heavy atom. The zero-order valence-electron chi connectivity index (χ0n) is 15.2. The van der Waals surface area contributed by atoms with Gasteiger partial charge in [-0.1, -0.05) is 5.16 Å². The molecule has 4 heterocycles. The van der Waals surface area contributed by atoms with E-state index in [0.29, 0.717) is 49.5 Å². The molecule has 1 aliphatic heterocycles. The average molecular weight is 384 g/mol. The molecule has 28 heavy (non-hydrogen) atoms. The van der Waals surface area contributed by atoms with Gasteiger partial charge in [-0.25, -0.2) is 4.98 Å². The molecule has 4 rings (SSSR count). The Morgan fingerprint density at radius 1 is 1.36 bits per heavy atom. The number of hydrogen-bond donors (Lipinski definition) is 1. The van der Waals surface area contributed by atoms with Crippen molar-refractivity contribution in [2.24, 2.45) is 0 Å². The normalized spacial score (nSPS) is 16.2. The Morgan fingerprint density at radius 3 is 3.14 bits per heavy atom. The molecule has 0 spiro atoms. The lowest BCUT2D eigenvalue weighted by Gasteiger charge is -2.11. The smallest absolute Gasteiger partial charge is 0.238 e. The van der Waals surface area contributed by atoms with Gasteiger partial charge in [-0.05, 0) is 23.8 Å².